The molecule has 1 aliphatic rings. The largest absolute Gasteiger partial charge is 0.342 e. The molecule has 3 heterocycles. The molecule has 1 aliphatic heterocycles. The Morgan fingerprint density at radius 2 is 1.90 bits per heavy atom. The number of hydrogen-bond acceptors (Lipinski definition) is 3. The number of piperidine rings is 1. The minimum atomic E-state index is -0.203. The predicted molar refractivity (Wildman–Crippen MR) is 110 cm³/mol. The van der Waals surface area contributed by atoms with Crippen LogP contribution in [0.1, 0.15) is 41.3 Å². The number of pyridine rings is 2. The highest BCUT2D eigenvalue weighted by molar-refractivity contribution is 5.78. The van der Waals surface area contributed by atoms with Crippen molar-refractivity contribution in [2.75, 3.05) is 13.1 Å². The molecule has 3 aromatic rings. The monoisotopic (exact) mass is 389 g/mol. The Morgan fingerprint density at radius 3 is 2.72 bits per heavy atom. The molecule has 0 radical (unpaired) electrons. The van der Waals surface area contributed by atoms with Crippen LogP contribution in [-0.2, 0) is 17.6 Å². The number of rotatable bonds is 5. The van der Waals surface area contributed by atoms with Gasteiger partial charge in [-0.2, -0.15) is 0 Å². The van der Waals surface area contributed by atoms with Crippen molar-refractivity contribution in [1.82, 2.24) is 14.9 Å². The highest BCUT2D eigenvalue weighted by Gasteiger charge is 2.25. The first-order chi connectivity index (χ1) is 14.2. The van der Waals surface area contributed by atoms with Gasteiger partial charge in [-0.05, 0) is 54.3 Å². The number of likely N-dealkylation sites (tertiary alicyclic amines) is 1. The minimum Gasteiger partial charge on any atom is -0.342 e. The van der Waals surface area contributed by atoms with Gasteiger partial charge in [-0.25, -0.2) is 4.39 Å². The van der Waals surface area contributed by atoms with Gasteiger partial charge in [0.25, 0.3) is 0 Å². The SMILES string of the molecule is O=C(Cc1ccncc1)N1CCCC(c2cccc(Cc3ccccc3F)n2)C1. The Kier molecular flexibility index (Phi) is 5.94. The maximum atomic E-state index is 14.0. The maximum absolute atomic E-state index is 14.0. The van der Waals surface area contributed by atoms with Gasteiger partial charge >= 0.3 is 0 Å². The first-order valence-electron chi connectivity index (χ1n) is 10.0. The van der Waals surface area contributed by atoms with Crippen LogP contribution in [0.25, 0.3) is 0 Å². The molecular weight excluding hydrogens is 365 g/mol. The average Bonchev–Trinajstić information content (AvgIpc) is 2.76. The van der Waals surface area contributed by atoms with Gasteiger partial charge in [0.15, 0.2) is 0 Å². The second-order valence-electron chi connectivity index (χ2n) is 7.53. The molecule has 148 valence electrons. The fourth-order valence-electron chi connectivity index (χ4n) is 3.89. The molecule has 0 N–H and O–H groups in total. The van der Waals surface area contributed by atoms with Crippen molar-refractivity contribution in [2.45, 2.75) is 31.6 Å². The fraction of sp³-hybridized carbons (Fsp3) is 0.292. The Morgan fingerprint density at radius 1 is 1.07 bits per heavy atom. The Hall–Kier alpha value is -3.08. The zero-order valence-corrected chi connectivity index (χ0v) is 16.3. The lowest BCUT2D eigenvalue weighted by Crippen LogP contribution is -2.40. The molecule has 1 atom stereocenters. The van der Waals surface area contributed by atoms with E-state index in [-0.39, 0.29) is 17.6 Å². The van der Waals surface area contributed by atoms with Crippen molar-refractivity contribution < 1.29 is 9.18 Å². The van der Waals surface area contributed by atoms with Crippen LogP contribution in [-0.4, -0.2) is 33.9 Å². The lowest BCUT2D eigenvalue weighted by molar-refractivity contribution is -0.131. The molecule has 5 heteroatoms. The summed E-state index contributed by atoms with van der Waals surface area (Å²) in [7, 11) is 0. The zero-order valence-electron chi connectivity index (χ0n) is 16.3. The number of benzene rings is 1. The Labute approximate surface area is 170 Å². The van der Waals surface area contributed by atoms with Crippen LogP contribution in [0.4, 0.5) is 4.39 Å². The van der Waals surface area contributed by atoms with Crippen molar-refractivity contribution in [1.29, 1.82) is 0 Å². The van der Waals surface area contributed by atoms with E-state index in [1.54, 1.807) is 24.5 Å². The third-order valence-corrected chi connectivity index (χ3v) is 5.45. The molecule has 1 saturated heterocycles. The summed E-state index contributed by atoms with van der Waals surface area (Å²) in [4.78, 5) is 23.5. The summed E-state index contributed by atoms with van der Waals surface area (Å²) < 4.78 is 14.0. The number of hydrogen-bond donors (Lipinski definition) is 0. The van der Waals surface area contributed by atoms with Crippen molar-refractivity contribution >= 4 is 5.91 Å². The lowest BCUT2D eigenvalue weighted by Gasteiger charge is -2.32. The molecule has 1 unspecified atom stereocenters. The lowest BCUT2D eigenvalue weighted by atomic mass is 9.93. The summed E-state index contributed by atoms with van der Waals surface area (Å²) in [6.07, 6.45) is 6.27. The molecule has 4 rings (SSSR count). The van der Waals surface area contributed by atoms with Crippen molar-refractivity contribution in [2.24, 2.45) is 0 Å². The second kappa shape index (κ2) is 8.95. The first-order valence-corrected chi connectivity index (χ1v) is 10.0. The van der Waals surface area contributed by atoms with Crippen LogP contribution in [0.15, 0.2) is 67.0 Å². The minimum absolute atomic E-state index is 0.142. The van der Waals surface area contributed by atoms with E-state index in [2.05, 4.69) is 4.98 Å². The normalized spacial score (nSPS) is 16.6. The summed E-state index contributed by atoms with van der Waals surface area (Å²) in [6.45, 7) is 1.47. The molecule has 1 amide bonds. The van der Waals surface area contributed by atoms with Crippen molar-refractivity contribution in [3.8, 4) is 0 Å². The van der Waals surface area contributed by atoms with E-state index in [4.69, 9.17) is 4.98 Å². The number of nitrogens with zero attached hydrogens (tertiary/aromatic N) is 3. The summed E-state index contributed by atoms with van der Waals surface area (Å²) >= 11 is 0. The van der Waals surface area contributed by atoms with Crippen LogP contribution in [0, 0.1) is 5.82 Å². The van der Waals surface area contributed by atoms with Gasteiger partial charge in [0, 0.05) is 49.2 Å². The topological polar surface area (TPSA) is 46.1 Å². The van der Waals surface area contributed by atoms with Gasteiger partial charge in [0.05, 0.1) is 6.42 Å². The summed E-state index contributed by atoms with van der Waals surface area (Å²) in [5.41, 5.74) is 3.47. The van der Waals surface area contributed by atoms with E-state index < -0.39 is 0 Å². The van der Waals surface area contributed by atoms with Crippen LogP contribution < -0.4 is 0 Å². The van der Waals surface area contributed by atoms with E-state index in [0.29, 0.717) is 24.9 Å². The fourth-order valence-corrected chi connectivity index (χ4v) is 3.89. The van der Waals surface area contributed by atoms with Crippen LogP contribution in [0.3, 0.4) is 0 Å². The third kappa shape index (κ3) is 4.86. The van der Waals surface area contributed by atoms with Gasteiger partial charge in [0.2, 0.25) is 5.91 Å². The van der Waals surface area contributed by atoms with Gasteiger partial charge in [-0.15, -0.1) is 0 Å². The number of carbonyl (C=O) groups is 1. The summed E-state index contributed by atoms with van der Waals surface area (Å²) in [5, 5.41) is 0. The van der Waals surface area contributed by atoms with Gasteiger partial charge in [0.1, 0.15) is 5.82 Å². The third-order valence-electron chi connectivity index (χ3n) is 5.45. The maximum Gasteiger partial charge on any atom is 0.227 e. The predicted octanol–water partition coefficient (Wildman–Crippen LogP) is 4.16. The van der Waals surface area contributed by atoms with Crippen molar-refractivity contribution in [3.05, 3.63) is 95.3 Å². The molecule has 1 aromatic carbocycles. The molecule has 0 spiro atoms. The summed E-state index contributed by atoms with van der Waals surface area (Å²) in [6, 6.07) is 16.5. The van der Waals surface area contributed by atoms with Crippen molar-refractivity contribution in [3.63, 3.8) is 0 Å². The average molecular weight is 389 g/mol. The molecule has 2 aromatic heterocycles. The highest BCUT2D eigenvalue weighted by atomic mass is 19.1. The number of aromatic nitrogens is 2. The van der Waals surface area contributed by atoms with Gasteiger partial charge in [-0.1, -0.05) is 24.3 Å². The smallest absolute Gasteiger partial charge is 0.227 e. The zero-order chi connectivity index (χ0) is 20.1. The molecule has 0 bridgehead atoms. The quantitative estimate of drug-likeness (QED) is 0.658. The number of halogens is 1. The molecule has 29 heavy (non-hydrogen) atoms. The molecule has 0 aliphatic carbocycles. The van der Waals surface area contributed by atoms with E-state index in [1.807, 2.05) is 41.3 Å². The van der Waals surface area contributed by atoms with Crippen LogP contribution >= 0.6 is 0 Å². The molecule has 4 nitrogen and oxygen atoms in total. The Balaban J connectivity index is 1.44. The van der Waals surface area contributed by atoms with E-state index >= 15 is 0 Å². The standard InChI is InChI=1S/C24H24FN3O/c25-22-8-2-1-5-19(22)16-21-7-3-9-23(27-21)20-6-4-14-28(17-20)24(29)15-18-10-12-26-13-11-18/h1-3,5,7-13,20H,4,6,14-17H2. The molecule has 1 fully saturated rings. The van der Waals surface area contributed by atoms with Crippen LogP contribution in [0.5, 0.6) is 0 Å². The van der Waals surface area contributed by atoms with Gasteiger partial charge < -0.3 is 4.90 Å². The molecular formula is C24H24FN3O. The molecule has 0 saturated carbocycles. The van der Waals surface area contributed by atoms with E-state index in [9.17, 15) is 9.18 Å². The second-order valence-corrected chi connectivity index (χ2v) is 7.53. The highest BCUT2D eigenvalue weighted by Crippen LogP contribution is 2.26. The van der Waals surface area contributed by atoms with Gasteiger partial charge in [-0.3, -0.25) is 14.8 Å². The number of carbonyl (C=O) groups excluding carboxylic acids is 1. The van der Waals surface area contributed by atoms with E-state index in [1.165, 1.54) is 6.07 Å². The summed E-state index contributed by atoms with van der Waals surface area (Å²) in [5.74, 6) is 0.152. The Bertz CT molecular complexity index is 977. The number of amides is 1. The van der Waals surface area contributed by atoms with E-state index in [0.717, 1.165) is 36.3 Å². The van der Waals surface area contributed by atoms with Crippen LogP contribution in [0.2, 0.25) is 0 Å². The first kappa shape index (κ1) is 19.2.